The monoisotopic (exact) mass is 210 g/mol. The molecule has 0 heterocycles. The van der Waals surface area contributed by atoms with Crippen LogP contribution in [0.3, 0.4) is 0 Å². The van der Waals surface area contributed by atoms with Crippen LogP contribution in [0.2, 0.25) is 0 Å². The van der Waals surface area contributed by atoms with Gasteiger partial charge in [-0.3, -0.25) is 0 Å². The minimum Gasteiger partial charge on any atom is -0.490 e. The van der Waals surface area contributed by atoms with Crippen molar-refractivity contribution in [1.82, 2.24) is 0 Å². The lowest BCUT2D eigenvalue weighted by Gasteiger charge is -2.07. The Hall–Kier alpha value is -1.56. The Bertz CT molecular complexity index is 380. The average Bonchev–Trinajstić information content (AvgIpc) is 2.23. The fourth-order valence-electron chi connectivity index (χ4n) is 1.08. The normalized spacial score (nSPS) is 9.73. The van der Waals surface area contributed by atoms with E-state index in [4.69, 9.17) is 11.2 Å². The van der Waals surface area contributed by atoms with E-state index in [9.17, 15) is 8.78 Å². The predicted molar refractivity (Wildman–Crippen MR) is 54.7 cm³/mol. The summed E-state index contributed by atoms with van der Waals surface area (Å²) < 4.78 is 31.5. The number of benzene rings is 1. The Labute approximate surface area is 88.1 Å². The molecular formula is C12H12F2O. The van der Waals surface area contributed by atoms with E-state index in [2.05, 4.69) is 5.92 Å². The number of unbranched alkanes of at least 4 members (excludes halogenated alkanes) is 1. The van der Waals surface area contributed by atoms with E-state index >= 15 is 0 Å². The molecule has 0 saturated carbocycles. The zero-order valence-corrected chi connectivity index (χ0v) is 8.52. The molecule has 1 rings (SSSR count). The molecule has 0 aliphatic carbocycles. The van der Waals surface area contributed by atoms with Crippen molar-refractivity contribution in [3.05, 3.63) is 29.3 Å². The van der Waals surface area contributed by atoms with Crippen LogP contribution in [0.5, 0.6) is 5.75 Å². The molecule has 0 fully saturated rings. The minimum atomic E-state index is -0.634. The minimum absolute atomic E-state index is 0.0834. The molecule has 0 amide bonds. The third-order valence-corrected chi connectivity index (χ3v) is 1.93. The second kappa shape index (κ2) is 5.35. The quantitative estimate of drug-likeness (QED) is 0.548. The summed E-state index contributed by atoms with van der Waals surface area (Å²) in [6, 6.07) is 1.96. The van der Waals surface area contributed by atoms with E-state index < -0.39 is 11.6 Å². The number of rotatable bonds is 4. The lowest BCUT2D eigenvalue weighted by molar-refractivity contribution is 0.292. The fraction of sp³-hybridized carbons (Fsp3) is 0.333. The van der Waals surface area contributed by atoms with Crippen LogP contribution in [0.15, 0.2) is 12.1 Å². The number of halogens is 2. The molecule has 1 aromatic rings. The molecule has 3 heteroatoms. The molecule has 1 aromatic carbocycles. The molecule has 0 bridgehead atoms. The van der Waals surface area contributed by atoms with Gasteiger partial charge in [-0.25, -0.2) is 8.78 Å². The van der Waals surface area contributed by atoms with E-state index in [-0.39, 0.29) is 11.3 Å². The maximum atomic E-state index is 13.3. The van der Waals surface area contributed by atoms with Gasteiger partial charge in [-0.15, -0.1) is 6.42 Å². The van der Waals surface area contributed by atoms with E-state index in [1.54, 1.807) is 0 Å². The zero-order valence-electron chi connectivity index (χ0n) is 8.52. The summed E-state index contributed by atoms with van der Waals surface area (Å²) in [6.07, 6.45) is 6.73. The molecule has 0 N–H and O–H groups in total. The van der Waals surface area contributed by atoms with Crippen LogP contribution in [0.4, 0.5) is 8.78 Å². The lowest BCUT2D eigenvalue weighted by Crippen LogP contribution is -2.00. The lowest BCUT2D eigenvalue weighted by atomic mass is 10.2. The summed E-state index contributed by atoms with van der Waals surface area (Å²) in [5.74, 6) is 0.718. The Morgan fingerprint density at radius 3 is 2.67 bits per heavy atom. The van der Waals surface area contributed by atoms with E-state index in [0.717, 1.165) is 25.0 Å². The summed E-state index contributed by atoms with van der Waals surface area (Å²) in [4.78, 5) is 0. The predicted octanol–water partition coefficient (Wildman–Crippen LogP) is 3.13. The summed E-state index contributed by atoms with van der Waals surface area (Å²) in [5, 5.41) is 0. The fourth-order valence-corrected chi connectivity index (χ4v) is 1.08. The smallest absolute Gasteiger partial charge is 0.166 e. The van der Waals surface area contributed by atoms with Gasteiger partial charge in [-0.2, -0.15) is 0 Å². The van der Waals surface area contributed by atoms with Crippen LogP contribution in [0.25, 0.3) is 0 Å². The summed E-state index contributed by atoms with van der Waals surface area (Å²) in [5.41, 5.74) is -0.0876. The third-order valence-electron chi connectivity index (χ3n) is 1.93. The van der Waals surface area contributed by atoms with Gasteiger partial charge >= 0.3 is 0 Å². The standard InChI is InChI=1S/C12H12F2O/c1-3-5-6-15-12-8-10(13)9(4-2)7-11(12)14/h2,7-8H,3,5-6H2,1H3. The van der Waals surface area contributed by atoms with Gasteiger partial charge in [0.25, 0.3) is 0 Å². The van der Waals surface area contributed by atoms with E-state index in [1.165, 1.54) is 0 Å². The van der Waals surface area contributed by atoms with Crippen LogP contribution < -0.4 is 4.74 Å². The molecule has 80 valence electrons. The van der Waals surface area contributed by atoms with Gasteiger partial charge in [0.1, 0.15) is 5.82 Å². The van der Waals surface area contributed by atoms with Crippen molar-refractivity contribution < 1.29 is 13.5 Å². The number of terminal acetylenes is 1. The van der Waals surface area contributed by atoms with E-state index in [1.807, 2.05) is 6.92 Å². The molecule has 0 aliphatic heterocycles. The average molecular weight is 210 g/mol. The highest BCUT2D eigenvalue weighted by Gasteiger charge is 2.09. The van der Waals surface area contributed by atoms with Gasteiger partial charge in [0.05, 0.1) is 12.2 Å². The maximum Gasteiger partial charge on any atom is 0.166 e. The van der Waals surface area contributed by atoms with Gasteiger partial charge in [-0.05, 0) is 12.5 Å². The number of hydrogen-bond acceptors (Lipinski definition) is 1. The molecule has 0 aromatic heterocycles. The molecule has 0 saturated heterocycles. The third kappa shape index (κ3) is 2.95. The van der Waals surface area contributed by atoms with Gasteiger partial charge in [0, 0.05) is 6.07 Å². The highest BCUT2D eigenvalue weighted by molar-refractivity contribution is 5.39. The van der Waals surface area contributed by atoms with Crippen LogP contribution in [0.1, 0.15) is 25.3 Å². The van der Waals surface area contributed by atoms with Gasteiger partial charge in [-0.1, -0.05) is 19.3 Å². The van der Waals surface area contributed by atoms with Crippen molar-refractivity contribution in [3.63, 3.8) is 0 Å². The molecule has 0 spiro atoms. The molecule has 1 nitrogen and oxygen atoms in total. The van der Waals surface area contributed by atoms with Gasteiger partial charge in [0.2, 0.25) is 0 Å². The van der Waals surface area contributed by atoms with Crippen LogP contribution in [-0.2, 0) is 0 Å². The Morgan fingerprint density at radius 1 is 1.33 bits per heavy atom. The molecule has 15 heavy (non-hydrogen) atoms. The van der Waals surface area contributed by atoms with E-state index in [0.29, 0.717) is 6.61 Å². The van der Waals surface area contributed by atoms with Gasteiger partial charge in [0.15, 0.2) is 11.6 Å². The summed E-state index contributed by atoms with van der Waals surface area (Å²) in [6.45, 7) is 2.37. The highest BCUT2D eigenvalue weighted by atomic mass is 19.1. The first-order valence-corrected chi connectivity index (χ1v) is 4.77. The molecule has 0 radical (unpaired) electrons. The highest BCUT2D eigenvalue weighted by Crippen LogP contribution is 2.21. The second-order valence-electron chi connectivity index (χ2n) is 3.11. The number of hydrogen-bond donors (Lipinski definition) is 0. The topological polar surface area (TPSA) is 9.23 Å². The summed E-state index contributed by atoms with van der Waals surface area (Å²) in [7, 11) is 0. The summed E-state index contributed by atoms with van der Waals surface area (Å²) >= 11 is 0. The molecular weight excluding hydrogens is 198 g/mol. The first kappa shape index (κ1) is 11.5. The van der Waals surface area contributed by atoms with Crippen molar-refractivity contribution >= 4 is 0 Å². The SMILES string of the molecule is C#Cc1cc(F)c(OCCCC)cc1F. The molecule has 0 aliphatic rings. The van der Waals surface area contributed by atoms with Crippen molar-refractivity contribution in [2.75, 3.05) is 6.61 Å². The first-order valence-electron chi connectivity index (χ1n) is 4.77. The zero-order chi connectivity index (χ0) is 11.3. The Morgan fingerprint density at radius 2 is 2.07 bits per heavy atom. The van der Waals surface area contributed by atoms with Crippen molar-refractivity contribution in [3.8, 4) is 18.1 Å². The maximum absolute atomic E-state index is 13.3. The van der Waals surface area contributed by atoms with Gasteiger partial charge < -0.3 is 4.74 Å². The molecule has 0 unspecified atom stereocenters. The van der Waals surface area contributed by atoms with Crippen LogP contribution >= 0.6 is 0 Å². The Kier molecular flexibility index (Phi) is 4.11. The van der Waals surface area contributed by atoms with Crippen molar-refractivity contribution in [2.24, 2.45) is 0 Å². The molecule has 0 atom stereocenters. The largest absolute Gasteiger partial charge is 0.490 e. The second-order valence-corrected chi connectivity index (χ2v) is 3.11. The Balaban J connectivity index is 2.82. The number of ether oxygens (including phenoxy) is 1. The van der Waals surface area contributed by atoms with Crippen molar-refractivity contribution in [2.45, 2.75) is 19.8 Å². The first-order chi connectivity index (χ1) is 7.19. The van der Waals surface area contributed by atoms with Crippen LogP contribution in [0, 0.1) is 24.0 Å². The van der Waals surface area contributed by atoms with Crippen LogP contribution in [-0.4, -0.2) is 6.61 Å². The van der Waals surface area contributed by atoms with Crippen molar-refractivity contribution in [1.29, 1.82) is 0 Å².